The second-order valence-electron chi connectivity index (χ2n) is 4.69. The zero-order chi connectivity index (χ0) is 19.4. The third-order valence-electron chi connectivity index (χ3n) is 2.69. The summed E-state index contributed by atoms with van der Waals surface area (Å²) in [4.78, 5) is 22.1. The van der Waals surface area contributed by atoms with Crippen LogP contribution in [0.3, 0.4) is 0 Å². The second kappa shape index (κ2) is 7.65. The normalized spacial score (nSPS) is 13.2. The number of aliphatic hydroxyl groups is 1. The van der Waals surface area contributed by atoms with Crippen molar-refractivity contribution in [2.24, 2.45) is 0 Å². The number of carboxylic acid groups (broad SMARTS) is 1. The first-order chi connectivity index (χ1) is 11.4. The highest BCUT2D eigenvalue weighted by molar-refractivity contribution is 7.93. The Morgan fingerprint density at radius 2 is 1.84 bits per heavy atom. The topological polar surface area (TPSA) is 133 Å². The summed E-state index contributed by atoms with van der Waals surface area (Å²) >= 11 is 0. The molecule has 1 unspecified atom stereocenters. The number of rotatable bonds is 7. The molecule has 0 aromatic heterocycles. The van der Waals surface area contributed by atoms with Gasteiger partial charge in [0, 0.05) is 0 Å². The van der Waals surface area contributed by atoms with Crippen molar-refractivity contribution < 1.29 is 45.8 Å². The molecule has 13 heteroatoms. The Kier molecular flexibility index (Phi) is 6.31. The van der Waals surface area contributed by atoms with Crippen LogP contribution < -0.4 is 10.0 Å². The van der Waals surface area contributed by atoms with Crippen LogP contribution in [-0.4, -0.2) is 48.9 Å². The molecule has 25 heavy (non-hydrogen) atoms. The van der Waals surface area contributed by atoms with Gasteiger partial charge in [0.05, 0.1) is 17.9 Å². The van der Waals surface area contributed by atoms with E-state index in [1.54, 1.807) is 5.32 Å². The third-order valence-corrected chi connectivity index (χ3v) is 3.86. The second-order valence-corrected chi connectivity index (χ2v) is 6.41. The van der Waals surface area contributed by atoms with Crippen LogP contribution in [0.2, 0.25) is 0 Å². The number of carbonyl (C=O) groups is 2. The fourth-order valence-corrected chi connectivity index (χ4v) is 2.65. The number of carboxylic acids is 1. The van der Waals surface area contributed by atoms with Crippen molar-refractivity contribution in [3.8, 4) is 0 Å². The van der Waals surface area contributed by atoms with Gasteiger partial charge in [-0.25, -0.2) is 17.6 Å². The average Bonchev–Trinajstić information content (AvgIpc) is 2.44. The number of aliphatic hydroxyl groups excluding tert-OH is 1. The van der Waals surface area contributed by atoms with Gasteiger partial charge in [-0.3, -0.25) is 9.52 Å². The molecule has 0 heterocycles. The number of aliphatic carboxylic acids is 1. The molecule has 1 aromatic rings. The molecule has 0 aliphatic rings. The first kappa shape index (κ1) is 20.6. The van der Waals surface area contributed by atoms with Gasteiger partial charge in [-0.15, -0.1) is 0 Å². The molecule has 1 rings (SSSR count). The Bertz CT molecular complexity index is 765. The van der Waals surface area contributed by atoms with Crippen LogP contribution in [0.1, 0.15) is 5.56 Å². The van der Waals surface area contributed by atoms with Crippen LogP contribution in [0.25, 0.3) is 0 Å². The summed E-state index contributed by atoms with van der Waals surface area (Å²) in [5, 5.41) is 19.0. The van der Waals surface area contributed by atoms with Gasteiger partial charge in [-0.2, -0.15) is 13.2 Å². The first-order valence-electron chi connectivity index (χ1n) is 6.36. The van der Waals surface area contributed by atoms with E-state index in [2.05, 4.69) is 0 Å². The average molecular weight is 388 g/mol. The van der Waals surface area contributed by atoms with E-state index in [0.29, 0.717) is 12.1 Å². The number of hydrogen-bond acceptors (Lipinski definition) is 5. The van der Waals surface area contributed by atoms with Gasteiger partial charge in [-0.05, 0) is 18.2 Å². The van der Waals surface area contributed by atoms with Crippen molar-refractivity contribution in [1.29, 1.82) is 0 Å². The van der Waals surface area contributed by atoms with Crippen LogP contribution >= 0.6 is 0 Å². The molecule has 0 aliphatic carbocycles. The van der Waals surface area contributed by atoms with E-state index in [1.165, 1.54) is 4.72 Å². The molecule has 0 spiro atoms. The quantitative estimate of drug-likeness (QED) is 0.492. The molecule has 0 saturated heterocycles. The lowest BCUT2D eigenvalue weighted by molar-refractivity contribution is -0.142. The SMILES string of the molecule is O=C(CS(=O)(=O)Nc1ccc(F)cc1C(F)(F)F)NC(CO)C(=O)O. The van der Waals surface area contributed by atoms with Crippen molar-refractivity contribution in [3.63, 3.8) is 0 Å². The summed E-state index contributed by atoms with van der Waals surface area (Å²) in [5.41, 5.74) is -2.60. The molecule has 0 aliphatic heterocycles. The van der Waals surface area contributed by atoms with E-state index >= 15 is 0 Å². The number of sulfonamides is 1. The van der Waals surface area contributed by atoms with Crippen molar-refractivity contribution in [1.82, 2.24) is 5.32 Å². The number of carbonyl (C=O) groups excluding carboxylic acids is 1. The van der Waals surface area contributed by atoms with Gasteiger partial charge < -0.3 is 15.5 Å². The van der Waals surface area contributed by atoms with E-state index in [0.717, 1.165) is 0 Å². The highest BCUT2D eigenvalue weighted by Crippen LogP contribution is 2.35. The minimum absolute atomic E-state index is 0.0736. The zero-order valence-electron chi connectivity index (χ0n) is 12.2. The molecule has 1 aromatic carbocycles. The van der Waals surface area contributed by atoms with E-state index in [-0.39, 0.29) is 6.07 Å². The van der Waals surface area contributed by atoms with E-state index in [9.17, 15) is 35.6 Å². The van der Waals surface area contributed by atoms with Gasteiger partial charge in [0.25, 0.3) is 0 Å². The van der Waals surface area contributed by atoms with Crippen LogP contribution in [0.4, 0.5) is 23.2 Å². The fraction of sp³-hybridized carbons (Fsp3) is 0.333. The van der Waals surface area contributed by atoms with Crippen molar-refractivity contribution in [3.05, 3.63) is 29.6 Å². The van der Waals surface area contributed by atoms with E-state index < -0.39 is 63.5 Å². The number of amides is 1. The maximum atomic E-state index is 13.0. The molecule has 1 amide bonds. The molecule has 4 N–H and O–H groups in total. The molecule has 8 nitrogen and oxygen atoms in total. The summed E-state index contributed by atoms with van der Waals surface area (Å²) in [6, 6.07) is -0.593. The van der Waals surface area contributed by atoms with Crippen molar-refractivity contribution in [2.75, 3.05) is 17.1 Å². The van der Waals surface area contributed by atoms with Gasteiger partial charge in [0.2, 0.25) is 15.9 Å². The number of hydrogen-bond donors (Lipinski definition) is 4. The summed E-state index contributed by atoms with van der Waals surface area (Å²) in [7, 11) is -4.67. The van der Waals surface area contributed by atoms with Gasteiger partial charge >= 0.3 is 12.1 Å². The van der Waals surface area contributed by atoms with Crippen molar-refractivity contribution >= 4 is 27.6 Å². The standard InChI is InChI=1S/C12H12F4N2O6S/c13-6-1-2-8(7(3-6)12(14,15)16)18-25(23,24)5-10(20)17-9(4-19)11(21)22/h1-3,9,18-19H,4-5H2,(H,17,20)(H,21,22). The van der Waals surface area contributed by atoms with Gasteiger partial charge in [0.1, 0.15) is 17.6 Å². The summed E-state index contributed by atoms with van der Waals surface area (Å²) < 4.78 is 76.4. The molecule has 0 fully saturated rings. The molecular formula is C12H12F4N2O6S. The number of nitrogens with one attached hydrogen (secondary N) is 2. The van der Waals surface area contributed by atoms with Crippen LogP contribution in [-0.2, 0) is 25.8 Å². The number of anilines is 1. The summed E-state index contributed by atoms with van der Waals surface area (Å²) in [6.07, 6.45) is -5.06. The molecule has 0 radical (unpaired) electrons. The van der Waals surface area contributed by atoms with Crippen LogP contribution in [0.15, 0.2) is 18.2 Å². The smallest absolute Gasteiger partial charge is 0.418 e. The third kappa shape index (κ3) is 6.19. The molecule has 1 atom stereocenters. The largest absolute Gasteiger partial charge is 0.480 e. The lowest BCUT2D eigenvalue weighted by atomic mass is 10.2. The van der Waals surface area contributed by atoms with Crippen molar-refractivity contribution in [2.45, 2.75) is 12.2 Å². The maximum absolute atomic E-state index is 13.0. The van der Waals surface area contributed by atoms with Crippen LogP contribution in [0, 0.1) is 5.82 Å². The van der Waals surface area contributed by atoms with Crippen LogP contribution in [0.5, 0.6) is 0 Å². The first-order valence-corrected chi connectivity index (χ1v) is 8.01. The number of benzene rings is 1. The maximum Gasteiger partial charge on any atom is 0.418 e. The van der Waals surface area contributed by atoms with E-state index in [4.69, 9.17) is 10.2 Å². The predicted octanol–water partition coefficient (Wildman–Crippen LogP) is 0.148. The zero-order valence-corrected chi connectivity index (χ0v) is 13.0. The summed E-state index contributed by atoms with van der Waals surface area (Å²) in [5.74, 6) is -5.67. The Balaban J connectivity index is 2.96. The highest BCUT2D eigenvalue weighted by atomic mass is 32.2. The Morgan fingerprint density at radius 1 is 1.24 bits per heavy atom. The predicted molar refractivity (Wildman–Crippen MR) is 75.5 cm³/mol. The van der Waals surface area contributed by atoms with Gasteiger partial charge in [-0.1, -0.05) is 0 Å². The van der Waals surface area contributed by atoms with Gasteiger partial charge in [0.15, 0.2) is 0 Å². The minimum atomic E-state index is -5.06. The Labute approximate surface area is 138 Å². The molecule has 140 valence electrons. The Hall–Kier alpha value is -2.41. The molecule has 0 bridgehead atoms. The fourth-order valence-electron chi connectivity index (χ4n) is 1.64. The monoisotopic (exact) mass is 388 g/mol. The highest BCUT2D eigenvalue weighted by Gasteiger charge is 2.35. The Morgan fingerprint density at radius 3 is 2.32 bits per heavy atom. The number of halogens is 4. The summed E-state index contributed by atoms with van der Waals surface area (Å²) in [6.45, 7) is -1.02. The lowest BCUT2D eigenvalue weighted by Gasteiger charge is -2.15. The van der Waals surface area contributed by atoms with E-state index in [1.807, 2.05) is 0 Å². The minimum Gasteiger partial charge on any atom is -0.480 e. The molecular weight excluding hydrogens is 376 g/mol. The lowest BCUT2D eigenvalue weighted by Crippen LogP contribution is -2.46. The number of alkyl halides is 3. The molecule has 0 saturated carbocycles.